The Morgan fingerprint density at radius 3 is 2.69 bits per heavy atom. The molecular formula is C13H20O2S. The van der Waals surface area contributed by atoms with E-state index >= 15 is 0 Å². The predicted molar refractivity (Wildman–Crippen MR) is 68.5 cm³/mol. The van der Waals surface area contributed by atoms with Gasteiger partial charge in [0.1, 0.15) is 4.88 Å². The largest absolute Gasteiger partial charge is 0.477 e. The number of carbonyl (C=O) groups is 1. The molecule has 0 aliphatic heterocycles. The van der Waals surface area contributed by atoms with Crippen molar-refractivity contribution in [2.75, 3.05) is 0 Å². The summed E-state index contributed by atoms with van der Waals surface area (Å²) in [5.74, 6) is -0.315. The molecular weight excluding hydrogens is 220 g/mol. The van der Waals surface area contributed by atoms with Gasteiger partial charge >= 0.3 is 5.97 Å². The molecule has 90 valence electrons. The maximum absolute atomic E-state index is 10.7. The number of rotatable bonds is 7. The standard InChI is InChI=1S/C13H20O2S/c1-3-4-5-6-7-10(2)11-8-9-12(16-11)13(14)15/h8-10H,3-7H2,1-2H3,(H,14,15). The summed E-state index contributed by atoms with van der Waals surface area (Å²) in [5, 5.41) is 8.84. The van der Waals surface area contributed by atoms with E-state index in [1.807, 2.05) is 6.07 Å². The van der Waals surface area contributed by atoms with E-state index in [0.717, 1.165) is 0 Å². The van der Waals surface area contributed by atoms with Crippen molar-refractivity contribution in [2.45, 2.75) is 51.9 Å². The second kappa shape index (κ2) is 6.69. The van der Waals surface area contributed by atoms with E-state index in [0.29, 0.717) is 10.8 Å². The van der Waals surface area contributed by atoms with Gasteiger partial charge in [0, 0.05) is 4.88 Å². The van der Waals surface area contributed by atoms with Gasteiger partial charge in [0.2, 0.25) is 0 Å². The monoisotopic (exact) mass is 240 g/mol. The van der Waals surface area contributed by atoms with E-state index in [-0.39, 0.29) is 0 Å². The number of hydrogen-bond donors (Lipinski definition) is 1. The van der Waals surface area contributed by atoms with Crippen LogP contribution in [0.2, 0.25) is 0 Å². The Kier molecular flexibility index (Phi) is 5.53. The highest BCUT2D eigenvalue weighted by molar-refractivity contribution is 7.14. The molecule has 1 unspecified atom stereocenters. The van der Waals surface area contributed by atoms with Crippen LogP contribution in [0.3, 0.4) is 0 Å². The zero-order valence-corrected chi connectivity index (χ0v) is 10.8. The van der Waals surface area contributed by atoms with E-state index in [1.165, 1.54) is 48.3 Å². The molecule has 0 saturated heterocycles. The molecule has 1 aromatic heterocycles. The lowest BCUT2D eigenvalue weighted by atomic mass is 10.0. The maximum atomic E-state index is 10.7. The molecule has 0 bridgehead atoms. The molecule has 3 heteroatoms. The molecule has 0 radical (unpaired) electrons. The van der Waals surface area contributed by atoms with Crippen LogP contribution in [-0.4, -0.2) is 11.1 Å². The normalized spacial score (nSPS) is 12.6. The second-order valence-electron chi connectivity index (χ2n) is 4.26. The minimum atomic E-state index is -0.811. The van der Waals surface area contributed by atoms with Crippen LogP contribution in [0.1, 0.15) is 66.4 Å². The van der Waals surface area contributed by atoms with Crippen LogP contribution in [0.5, 0.6) is 0 Å². The van der Waals surface area contributed by atoms with Crippen LogP contribution in [-0.2, 0) is 0 Å². The van der Waals surface area contributed by atoms with E-state index < -0.39 is 5.97 Å². The van der Waals surface area contributed by atoms with Crippen molar-refractivity contribution >= 4 is 17.3 Å². The van der Waals surface area contributed by atoms with Crippen LogP contribution in [0, 0.1) is 0 Å². The fourth-order valence-electron chi connectivity index (χ4n) is 1.75. The van der Waals surface area contributed by atoms with Crippen molar-refractivity contribution in [2.24, 2.45) is 0 Å². The summed E-state index contributed by atoms with van der Waals surface area (Å²) in [7, 11) is 0. The summed E-state index contributed by atoms with van der Waals surface area (Å²) < 4.78 is 0. The number of carboxylic acid groups (broad SMARTS) is 1. The van der Waals surface area contributed by atoms with Gasteiger partial charge in [-0.3, -0.25) is 0 Å². The molecule has 0 aromatic carbocycles. The maximum Gasteiger partial charge on any atom is 0.345 e. The van der Waals surface area contributed by atoms with Crippen LogP contribution in [0.15, 0.2) is 12.1 Å². The van der Waals surface area contributed by atoms with Gasteiger partial charge in [0.25, 0.3) is 0 Å². The van der Waals surface area contributed by atoms with Crippen LogP contribution in [0.25, 0.3) is 0 Å². The highest BCUT2D eigenvalue weighted by atomic mass is 32.1. The summed E-state index contributed by atoms with van der Waals surface area (Å²) in [6.07, 6.45) is 6.26. The van der Waals surface area contributed by atoms with Crippen LogP contribution < -0.4 is 0 Å². The molecule has 1 atom stereocenters. The molecule has 0 spiro atoms. The summed E-state index contributed by atoms with van der Waals surface area (Å²) in [6, 6.07) is 3.67. The minimum absolute atomic E-state index is 0.454. The first-order valence-electron chi connectivity index (χ1n) is 5.98. The third-order valence-electron chi connectivity index (χ3n) is 2.81. The molecule has 0 aliphatic rings. The Morgan fingerprint density at radius 2 is 2.12 bits per heavy atom. The van der Waals surface area contributed by atoms with Crippen molar-refractivity contribution < 1.29 is 9.90 Å². The number of hydrogen-bond acceptors (Lipinski definition) is 2. The van der Waals surface area contributed by atoms with Gasteiger partial charge in [-0.25, -0.2) is 4.79 Å². The summed E-state index contributed by atoms with van der Waals surface area (Å²) in [5.41, 5.74) is 0. The molecule has 0 aliphatic carbocycles. The van der Waals surface area contributed by atoms with Gasteiger partial charge in [-0.1, -0.05) is 39.5 Å². The fraction of sp³-hybridized carbons (Fsp3) is 0.615. The third-order valence-corrected chi connectivity index (χ3v) is 4.12. The lowest BCUT2D eigenvalue weighted by Crippen LogP contribution is -1.91. The lowest BCUT2D eigenvalue weighted by molar-refractivity contribution is 0.0702. The SMILES string of the molecule is CCCCCCC(C)c1ccc(C(=O)O)s1. The van der Waals surface area contributed by atoms with Gasteiger partial charge in [-0.2, -0.15) is 0 Å². The smallest absolute Gasteiger partial charge is 0.345 e. The van der Waals surface area contributed by atoms with Crippen LogP contribution in [0.4, 0.5) is 0 Å². The molecule has 1 rings (SSSR count). The third kappa shape index (κ3) is 3.97. The molecule has 1 N–H and O–H groups in total. The number of unbranched alkanes of at least 4 members (excludes halogenated alkanes) is 3. The second-order valence-corrected chi connectivity index (χ2v) is 5.37. The van der Waals surface area contributed by atoms with Crippen molar-refractivity contribution in [1.29, 1.82) is 0 Å². The van der Waals surface area contributed by atoms with E-state index in [4.69, 9.17) is 5.11 Å². The lowest BCUT2D eigenvalue weighted by Gasteiger charge is -2.08. The van der Waals surface area contributed by atoms with Gasteiger partial charge in [0.15, 0.2) is 0 Å². The average Bonchev–Trinajstić information content (AvgIpc) is 2.73. The topological polar surface area (TPSA) is 37.3 Å². The molecule has 16 heavy (non-hydrogen) atoms. The number of aromatic carboxylic acids is 1. The van der Waals surface area contributed by atoms with Gasteiger partial charge in [-0.15, -0.1) is 11.3 Å². The van der Waals surface area contributed by atoms with Crippen molar-refractivity contribution in [3.8, 4) is 0 Å². The number of carboxylic acids is 1. The highest BCUT2D eigenvalue weighted by Gasteiger charge is 2.11. The molecule has 0 fully saturated rings. The van der Waals surface area contributed by atoms with Crippen molar-refractivity contribution in [3.05, 3.63) is 21.9 Å². The Balaban J connectivity index is 2.40. The zero-order valence-electron chi connectivity index (χ0n) is 10.0. The predicted octanol–water partition coefficient (Wildman–Crippen LogP) is 4.52. The molecule has 1 heterocycles. The molecule has 0 amide bonds. The summed E-state index contributed by atoms with van der Waals surface area (Å²) >= 11 is 1.41. The highest BCUT2D eigenvalue weighted by Crippen LogP contribution is 2.28. The quantitative estimate of drug-likeness (QED) is 0.711. The van der Waals surface area contributed by atoms with Crippen molar-refractivity contribution in [3.63, 3.8) is 0 Å². The Hall–Kier alpha value is -0.830. The zero-order chi connectivity index (χ0) is 12.0. The van der Waals surface area contributed by atoms with Crippen molar-refractivity contribution in [1.82, 2.24) is 0 Å². The summed E-state index contributed by atoms with van der Waals surface area (Å²) in [6.45, 7) is 4.39. The van der Waals surface area contributed by atoms with Gasteiger partial charge in [0.05, 0.1) is 0 Å². The van der Waals surface area contributed by atoms with E-state index in [1.54, 1.807) is 6.07 Å². The van der Waals surface area contributed by atoms with Crippen LogP contribution >= 0.6 is 11.3 Å². The van der Waals surface area contributed by atoms with Gasteiger partial charge in [-0.05, 0) is 24.5 Å². The minimum Gasteiger partial charge on any atom is -0.477 e. The average molecular weight is 240 g/mol. The Morgan fingerprint density at radius 1 is 1.38 bits per heavy atom. The first-order valence-corrected chi connectivity index (χ1v) is 6.79. The fourth-order valence-corrected chi connectivity index (χ4v) is 2.68. The number of thiophene rings is 1. The first-order chi connectivity index (χ1) is 7.65. The Bertz CT molecular complexity index is 330. The van der Waals surface area contributed by atoms with E-state index in [2.05, 4.69) is 13.8 Å². The molecule has 1 aromatic rings. The molecule has 2 nitrogen and oxygen atoms in total. The molecule has 0 saturated carbocycles. The summed E-state index contributed by atoms with van der Waals surface area (Å²) in [4.78, 5) is 12.4. The van der Waals surface area contributed by atoms with Gasteiger partial charge < -0.3 is 5.11 Å². The first kappa shape index (κ1) is 13.2. The van der Waals surface area contributed by atoms with E-state index in [9.17, 15) is 4.79 Å². The Labute approximate surface area is 101 Å².